The number of hydrogen-bond acceptors (Lipinski definition) is 2. The standard InChI is InChI=1S/C14H12BF3NO.K/c16-15(17,18)12-6-13(8-19-7-12)20-9-11-5-10-3-1-2-4-14(10)11;/h1-4,6-8,11H,5,9H2;/q-1;+1. The summed E-state index contributed by atoms with van der Waals surface area (Å²) < 4.78 is 43.3. The van der Waals surface area contributed by atoms with Gasteiger partial charge in [0.2, 0.25) is 0 Å². The van der Waals surface area contributed by atoms with Gasteiger partial charge in [0.1, 0.15) is 5.75 Å². The Morgan fingerprint density at radius 2 is 1.95 bits per heavy atom. The molecule has 1 aliphatic carbocycles. The van der Waals surface area contributed by atoms with E-state index in [4.69, 9.17) is 4.74 Å². The van der Waals surface area contributed by atoms with E-state index in [1.165, 1.54) is 17.3 Å². The van der Waals surface area contributed by atoms with Crippen molar-refractivity contribution in [3.05, 3.63) is 53.9 Å². The third kappa shape index (κ3) is 3.90. The normalized spacial score (nSPS) is 16.4. The van der Waals surface area contributed by atoms with Crippen LogP contribution in [0.3, 0.4) is 0 Å². The van der Waals surface area contributed by atoms with E-state index in [9.17, 15) is 12.9 Å². The van der Waals surface area contributed by atoms with Crippen molar-refractivity contribution in [3.8, 4) is 5.75 Å². The number of pyridine rings is 1. The third-order valence-electron chi connectivity index (χ3n) is 3.52. The van der Waals surface area contributed by atoms with E-state index in [-0.39, 0.29) is 63.1 Å². The van der Waals surface area contributed by atoms with Gasteiger partial charge >= 0.3 is 58.4 Å². The Morgan fingerprint density at radius 3 is 2.67 bits per heavy atom. The molecule has 3 rings (SSSR count). The van der Waals surface area contributed by atoms with E-state index < -0.39 is 12.4 Å². The first-order chi connectivity index (χ1) is 9.54. The van der Waals surface area contributed by atoms with E-state index in [1.54, 1.807) is 0 Å². The van der Waals surface area contributed by atoms with Crippen LogP contribution in [0.4, 0.5) is 12.9 Å². The van der Waals surface area contributed by atoms with E-state index >= 15 is 0 Å². The summed E-state index contributed by atoms with van der Waals surface area (Å²) in [6, 6.07) is 9.03. The second-order valence-corrected chi connectivity index (χ2v) is 4.94. The number of benzene rings is 1. The first-order valence-corrected chi connectivity index (χ1v) is 6.39. The molecular weight excluding hydrogens is 305 g/mol. The van der Waals surface area contributed by atoms with E-state index in [2.05, 4.69) is 11.1 Å². The predicted molar refractivity (Wildman–Crippen MR) is 71.3 cm³/mol. The number of hydrogen-bond donors (Lipinski definition) is 0. The minimum atomic E-state index is -5.03. The molecule has 1 atom stereocenters. The van der Waals surface area contributed by atoms with Gasteiger partial charge in [-0.05, 0) is 23.6 Å². The Morgan fingerprint density at radius 1 is 1.19 bits per heavy atom. The molecule has 0 N–H and O–H groups in total. The Hall–Kier alpha value is -0.339. The molecule has 0 radical (unpaired) electrons. The molecule has 1 heterocycles. The number of rotatable bonds is 4. The summed E-state index contributed by atoms with van der Waals surface area (Å²) in [5.41, 5.74) is 1.78. The average molecular weight is 317 g/mol. The van der Waals surface area contributed by atoms with Crippen LogP contribution in [0.25, 0.3) is 0 Å². The van der Waals surface area contributed by atoms with Gasteiger partial charge in [0.25, 0.3) is 0 Å². The van der Waals surface area contributed by atoms with Crippen molar-refractivity contribution in [3.63, 3.8) is 0 Å². The summed E-state index contributed by atoms with van der Waals surface area (Å²) >= 11 is 0. The van der Waals surface area contributed by atoms with Gasteiger partial charge in [-0.1, -0.05) is 29.7 Å². The SMILES string of the molecule is F[B-](F)(F)c1cncc(OCC2Cc3ccccc32)c1.[K+]. The minimum Gasteiger partial charge on any atom is -0.491 e. The molecule has 1 aromatic heterocycles. The Kier molecular flexibility index (Phi) is 5.54. The summed E-state index contributed by atoms with van der Waals surface area (Å²) in [5, 5.41) is 0. The summed E-state index contributed by atoms with van der Waals surface area (Å²) in [7, 11) is 0. The Labute approximate surface area is 163 Å². The first-order valence-electron chi connectivity index (χ1n) is 6.39. The maximum Gasteiger partial charge on any atom is 1.00 e. The second kappa shape index (κ2) is 6.83. The van der Waals surface area contributed by atoms with Crippen LogP contribution in [0.15, 0.2) is 42.7 Å². The van der Waals surface area contributed by atoms with Gasteiger partial charge < -0.3 is 17.7 Å². The van der Waals surface area contributed by atoms with Crippen LogP contribution >= 0.6 is 0 Å². The summed E-state index contributed by atoms with van der Waals surface area (Å²) in [4.78, 5) is 3.59. The number of nitrogens with zero attached hydrogens (tertiary/aromatic N) is 1. The zero-order chi connectivity index (χ0) is 14.2. The van der Waals surface area contributed by atoms with Gasteiger partial charge in [0, 0.05) is 12.1 Å². The van der Waals surface area contributed by atoms with Crippen LogP contribution in [-0.4, -0.2) is 18.6 Å². The molecule has 104 valence electrons. The average Bonchev–Trinajstić information content (AvgIpc) is 2.39. The Balaban J connectivity index is 0.00000161. The zero-order valence-corrected chi connectivity index (χ0v) is 14.7. The van der Waals surface area contributed by atoms with Crippen molar-refractivity contribution >= 4 is 12.4 Å². The summed E-state index contributed by atoms with van der Waals surface area (Å²) in [6.45, 7) is -4.65. The maximum absolute atomic E-state index is 12.6. The van der Waals surface area contributed by atoms with Gasteiger partial charge in [0.15, 0.2) is 0 Å². The third-order valence-corrected chi connectivity index (χ3v) is 3.52. The van der Waals surface area contributed by atoms with E-state index in [1.807, 2.05) is 18.2 Å². The fourth-order valence-corrected chi connectivity index (χ4v) is 2.40. The van der Waals surface area contributed by atoms with Crippen molar-refractivity contribution in [2.45, 2.75) is 12.3 Å². The van der Waals surface area contributed by atoms with Gasteiger partial charge in [-0.2, -0.15) is 0 Å². The number of halogens is 3. The van der Waals surface area contributed by atoms with Crippen LogP contribution in [0.1, 0.15) is 17.0 Å². The fourth-order valence-electron chi connectivity index (χ4n) is 2.40. The molecule has 21 heavy (non-hydrogen) atoms. The molecule has 1 unspecified atom stereocenters. The molecule has 0 amide bonds. The molecule has 7 heteroatoms. The molecule has 0 saturated carbocycles. The van der Waals surface area contributed by atoms with Crippen molar-refractivity contribution in [2.24, 2.45) is 0 Å². The summed E-state index contributed by atoms with van der Waals surface area (Å²) in [6.07, 6.45) is 3.05. The van der Waals surface area contributed by atoms with Crippen molar-refractivity contribution in [1.29, 1.82) is 0 Å². The second-order valence-electron chi connectivity index (χ2n) is 4.94. The molecule has 2 nitrogen and oxygen atoms in total. The van der Waals surface area contributed by atoms with Crippen molar-refractivity contribution in [2.75, 3.05) is 6.61 Å². The van der Waals surface area contributed by atoms with Gasteiger partial charge in [0.05, 0.1) is 12.8 Å². The van der Waals surface area contributed by atoms with Crippen LogP contribution in [0, 0.1) is 0 Å². The largest absolute Gasteiger partial charge is 1.00 e. The van der Waals surface area contributed by atoms with E-state index in [0.717, 1.165) is 18.7 Å². The fraction of sp³-hybridized carbons (Fsp3) is 0.214. The molecule has 1 aromatic carbocycles. The monoisotopic (exact) mass is 317 g/mol. The first kappa shape index (κ1) is 17.0. The molecule has 0 aliphatic heterocycles. The molecule has 0 fully saturated rings. The van der Waals surface area contributed by atoms with Gasteiger partial charge in [-0.3, -0.25) is 4.98 Å². The number of ether oxygens (including phenoxy) is 1. The van der Waals surface area contributed by atoms with Crippen molar-refractivity contribution < 1.29 is 69.1 Å². The van der Waals surface area contributed by atoms with Crippen molar-refractivity contribution in [1.82, 2.24) is 4.98 Å². The van der Waals surface area contributed by atoms with Crippen LogP contribution < -0.4 is 61.6 Å². The molecule has 0 saturated heterocycles. The van der Waals surface area contributed by atoms with Crippen LogP contribution in [0.2, 0.25) is 0 Å². The number of fused-ring (bicyclic) bond motifs is 1. The smallest absolute Gasteiger partial charge is 0.491 e. The molecule has 0 bridgehead atoms. The van der Waals surface area contributed by atoms with Crippen LogP contribution in [0.5, 0.6) is 5.75 Å². The molecule has 0 spiro atoms. The van der Waals surface area contributed by atoms with Gasteiger partial charge in [-0.25, -0.2) is 0 Å². The molecule has 2 aromatic rings. The number of aromatic nitrogens is 1. The van der Waals surface area contributed by atoms with Gasteiger partial charge in [-0.15, -0.1) is 0 Å². The molecular formula is C14H12BF3KNO. The Bertz CT molecular complexity index is 636. The topological polar surface area (TPSA) is 22.1 Å². The van der Waals surface area contributed by atoms with Crippen LogP contribution in [-0.2, 0) is 6.42 Å². The predicted octanol–water partition coefficient (Wildman–Crippen LogP) is -0.141. The maximum atomic E-state index is 12.6. The summed E-state index contributed by atoms with van der Waals surface area (Å²) in [5.74, 6) is 0.428. The quantitative estimate of drug-likeness (QED) is 0.733. The zero-order valence-electron chi connectivity index (χ0n) is 11.6. The van der Waals surface area contributed by atoms with E-state index in [0.29, 0.717) is 6.61 Å². The minimum absolute atomic E-state index is 0. The molecule has 1 aliphatic rings.